The van der Waals surface area contributed by atoms with Gasteiger partial charge >= 0.3 is 0 Å². The topological polar surface area (TPSA) is 32.7 Å². The van der Waals surface area contributed by atoms with E-state index in [2.05, 4.69) is 4.99 Å². The molecule has 0 spiro atoms. The Bertz CT molecular complexity index is 402. The third kappa shape index (κ3) is 3.22. The molecule has 1 aromatic rings. The molecule has 0 radical (unpaired) electrons. The highest BCUT2D eigenvalue weighted by molar-refractivity contribution is 6.43. The molecular weight excluding hydrogens is 235 g/mol. The van der Waals surface area contributed by atoms with Gasteiger partial charge in [-0.05, 0) is 12.1 Å². The maximum atomic E-state index is 11.6. The molecule has 0 aliphatic rings. The van der Waals surface area contributed by atoms with Crippen LogP contribution in [0.15, 0.2) is 23.2 Å². The van der Waals surface area contributed by atoms with E-state index in [-0.39, 0.29) is 5.02 Å². The molecule has 0 aliphatic carbocycles. The van der Waals surface area contributed by atoms with Crippen molar-refractivity contribution in [1.82, 2.24) is 4.90 Å². The highest BCUT2D eigenvalue weighted by atomic mass is 35.5. The lowest BCUT2D eigenvalue weighted by Gasteiger charge is -2.03. The van der Waals surface area contributed by atoms with Gasteiger partial charge in [-0.3, -0.25) is 4.79 Å². The van der Waals surface area contributed by atoms with Crippen LogP contribution in [0, 0.1) is 0 Å². The first kappa shape index (κ1) is 12.0. The van der Waals surface area contributed by atoms with Crippen molar-refractivity contribution in [3.05, 3.63) is 33.8 Å². The molecule has 0 unspecified atom stereocenters. The molecule has 0 heterocycles. The highest BCUT2D eigenvalue weighted by Crippen LogP contribution is 2.25. The summed E-state index contributed by atoms with van der Waals surface area (Å²) in [4.78, 5) is 16.9. The number of carbonyl (C=O) groups is 1. The lowest BCUT2D eigenvalue weighted by atomic mass is 10.2. The van der Waals surface area contributed by atoms with Gasteiger partial charge in [0.25, 0.3) is 5.91 Å². The van der Waals surface area contributed by atoms with E-state index >= 15 is 0 Å². The van der Waals surface area contributed by atoms with Crippen molar-refractivity contribution < 1.29 is 4.79 Å². The molecule has 0 bridgehead atoms. The Labute approximate surface area is 98.3 Å². The predicted octanol–water partition coefficient (Wildman–Crippen LogP) is 2.72. The van der Waals surface area contributed by atoms with Crippen LogP contribution in [0.1, 0.15) is 10.4 Å². The highest BCUT2D eigenvalue weighted by Gasteiger charge is 2.10. The van der Waals surface area contributed by atoms with Gasteiger partial charge in [-0.1, -0.05) is 29.3 Å². The maximum Gasteiger partial charge on any atom is 0.279 e. The van der Waals surface area contributed by atoms with Crippen LogP contribution in [0.25, 0.3) is 0 Å². The Morgan fingerprint density at radius 1 is 1.40 bits per heavy atom. The van der Waals surface area contributed by atoms with Crippen LogP contribution in [-0.4, -0.2) is 31.2 Å². The molecule has 0 aromatic heterocycles. The van der Waals surface area contributed by atoms with Crippen molar-refractivity contribution >= 4 is 35.4 Å². The van der Waals surface area contributed by atoms with Crippen molar-refractivity contribution in [2.45, 2.75) is 0 Å². The molecule has 0 aliphatic heterocycles. The summed E-state index contributed by atoms with van der Waals surface area (Å²) in [5.41, 5.74) is 0.308. The lowest BCUT2D eigenvalue weighted by molar-refractivity contribution is 0.100. The first-order chi connectivity index (χ1) is 7.02. The van der Waals surface area contributed by atoms with E-state index in [1.54, 1.807) is 37.2 Å². The number of hydrogen-bond donors (Lipinski definition) is 0. The van der Waals surface area contributed by atoms with Gasteiger partial charge in [0, 0.05) is 14.1 Å². The number of aliphatic imine (C=N–C) groups is 1. The van der Waals surface area contributed by atoms with Crippen LogP contribution in [0.5, 0.6) is 0 Å². The Kier molecular flexibility index (Phi) is 4.12. The molecule has 5 heteroatoms. The monoisotopic (exact) mass is 244 g/mol. The molecule has 80 valence electrons. The smallest absolute Gasteiger partial charge is 0.279 e. The Morgan fingerprint density at radius 2 is 2.07 bits per heavy atom. The number of hydrogen-bond acceptors (Lipinski definition) is 1. The van der Waals surface area contributed by atoms with E-state index in [0.29, 0.717) is 10.6 Å². The predicted molar refractivity (Wildman–Crippen MR) is 63.0 cm³/mol. The molecule has 1 rings (SSSR count). The zero-order valence-corrected chi connectivity index (χ0v) is 9.88. The minimum atomic E-state index is -0.406. The van der Waals surface area contributed by atoms with Crippen LogP contribution in [0.2, 0.25) is 10.0 Å². The largest absolute Gasteiger partial charge is 0.369 e. The summed E-state index contributed by atoms with van der Waals surface area (Å²) in [6.45, 7) is 0. The molecular formula is C10H10Cl2N2O. The molecule has 0 saturated heterocycles. The molecule has 0 fully saturated rings. The van der Waals surface area contributed by atoms with Gasteiger partial charge in [0.05, 0.1) is 21.9 Å². The number of halogens is 2. The van der Waals surface area contributed by atoms with Crippen molar-refractivity contribution in [2.24, 2.45) is 4.99 Å². The van der Waals surface area contributed by atoms with E-state index < -0.39 is 5.91 Å². The zero-order chi connectivity index (χ0) is 11.4. The second-order valence-corrected chi connectivity index (χ2v) is 3.90. The van der Waals surface area contributed by atoms with Gasteiger partial charge in [-0.2, -0.15) is 4.99 Å². The molecule has 1 amide bonds. The SMILES string of the molecule is CN(C)/C=N\C(=O)c1cccc(Cl)c1Cl. The molecule has 0 N–H and O–H groups in total. The zero-order valence-electron chi connectivity index (χ0n) is 8.37. The molecule has 0 atom stereocenters. The van der Waals surface area contributed by atoms with E-state index in [0.717, 1.165) is 0 Å². The van der Waals surface area contributed by atoms with Gasteiger partial charge in [0.15, 0.2) is 0 Å². The first-order valence-electron chi connectivity index (χ1n) is 4.21. The van der Waals surface area contributed by atoms with Crippen LogP contribution in [0.3, 0.4) is 0 Å². The number of carbonyl (C=O) groups excluding carboxylic acids is 1. The average molecular weight is 245 g/mol. The van der Waals surface area contributed by atoms with Crippen molar-refractivity contribution in [2.75, 3.05) is 14.1 Å². The molecule has 1 aromatic carbocycles. The second-order valence-electron chi connectivity index (χ2n) is 3.11. The van der Waals surface area contributed by atoms with E-state index in [4.69, 9.17) is 23.2 Å². The molecule has 0 saturated carbocycles. The summed E-state index contributed by atoms with van der Waals surface area (Å²) in [5.74, 6) is -0.406. The van der Waals surface area contributed by atoms with Gasteiger partial charge in [0.1, 0.15) is 0 Å². The van der Waals surface area contributed by atoms with Gasteiger partial charge in [-0.25, -0.2) is 0 Å². The van der Waals surface area contributed by atoms with Crippen molar-refractivity contribution in [1.29, 1.82) is 0 Å². The number of rotatable bonds is 2. The van der Waals surface area contributed by atoms with E-state index in [1.807, 2.05) is 0 Å². The first-order valence-corrected chi connectivity index (χ1v) is 4.97. The molecule has 15 heavy (non-hydrogen) atoms. The van der Waals surface area contributed by atoms with Crippen LogP contribution in [-0.2, 0) is 0 Å². The van der Waals surface area contributed by atoms with Gasteiger partial charge in [0.2, 0.25) is 0 Å². The maximum absolute atomic E-state index is 11.6. The summed E-state index contributed by atoms with van der Waals surface area (Å²) < 4.78 is 0. The van der Waals surface area contributed by atoms with Gasteiger partial charge < -0.3 is 4.90 Å². The summed E-state index contributed by atoms with van der Waals surface area (Å²) in [6, 6.07) is 4.87. The Hall–Kier alpha value is -1.06. The summed E-state index contributed by atoms with van der Waals surface area (Å²) in [7, 11) is 3.55. The Morgan fingerprint density at radius 3 is 2.67 bits per heavy atom. The molecule has 3 nitrogen and oxygen atoms in total. The minimum absolute atomic E-state index is 0.236. The number of benzene rings is 1. The standard InChI is InChI=1S/C10H10Cl2N2O/c1-14(2)6-13-10(15)7-4-3-5-8(11)9(7)12/h3-6H,1-2H3/b13-6-. The third-order valence-electron chi connectivity index (χ3n) is 1.59. The van der Waals surface area contributed by atoms with Crippen LogP contribution < -0.4 is 0 Å². The normalized spacial score (nSPS) is 10.7. The summed E-state index contributed by atoms with van der Waals surface area (Å²) in [5, 5.41) is 0.586. The quantitative estimate of drug-likeness (QED) is 0.592. The van der Waals surface area contributed by atoms with E-state index in [9.17, 15) is 4.79 Å². The lowest BCUT2D eigenvalue weighted by Crippen LogP contribution is -2.10. The van der Waals surface area contributed by atoms with Crippen LogP contribution in [0.4, 0.5) is 0 Å². The third-order valence-corrected chi connectivity index (χ3v) is 2.41. The minimum Gasteiger partial charge on any atom is -0.369 e. The number of amides is 1. The van der Waals surface area contributed by atoms with Crippen LogP contribution >= 0.6 is 23.2 Å². The fourth-order valence-electron chi connectivity index (χ4n) is 0.906. The average Bonchev–Trinajstić information content (AvgIpc) is 2.18. The Balaban J connectivity index is 2.97. The fraction of sp³-hybridized carbons (Fsp3) is 0.200. The van der Waals surface area contributed by atoms with Crippen molar-refractivity contribution in [3.63, 3.8) is 0 Å². The number of nitrogens with zero attached hydrogens (tertiary/aromatic N) is 2. The summed E-state index contributed by atoms with van der Waals surface area (Å²) >= 11 is 11.6. The van der Waals surface area contributed by atoms with Gasteiger partial charge in [-0.15, -0.1) is 0 Å². The van der Waals surface area contributed by atoms with Crippen molar-refractivity contribution in [3.8, 4) is 0 Å². The van der Waals surface area contributed by atoms with E-state index in [1.165, 1.54) is 6.34 Å². The fourth-order valence-corrected chi connectivity index (χ4v) is 1.29. The second kappa shape index (κ2) is 5.14. The summed E-state index contributed by atoms with van der Waals surface area (Å²) in [6.07, 6.45) is 1.42.